The van der Waals surface area contributed by atoms with Crippen LogP contribution >= 0.6 is 0 Å². The van der Waals surface area contributed by atoms with E-state index in [-0.39, 0.29) is 17.5 Å². The van der Waals surface area contributed by atoms with Gasteiger partial charge in [0.05, 0.1) is 5.56 Å². The third-order valence-corrected chi connectivity index (χ3v) is 5.79. The quantitative estimate of drug-likeness (QED) is 0.915. The van der Waals surface area contributed by atoms with Gasteiger partial charge in [-0.25, -0.2) is 0 Å². The number of H-pyrrole nitrogens is 1. The average Bonchev–Trinajstić information content (AvgIpc) is 3.17. The Morgan fingerprint density at radius 2 is 2.09 bits per heavy atom. The number of hydrogen-bond acceptors (Lipinski definition) is 2. The van der Waals surface area contributed by atoms with Gasteiger partial charge in [-0.2, -0.15) is 0 Å². The van der Waals surface area contributed by atoms with Crippen molar-refractivity contribution in [3.63, 3.8) is 0 Å². The van der Waals surface area contributed by atoms with Crippen molar-refractivity contribution in [2.24, 2.45) is 17.8 Å². The number of benzene rings is 1. The summed E-state index contributed by atoms with van der Waals surface area (Å²) in [6.07, 6.45) is 5.24. The van der Waals surface area contributed by atoms with E-state index in [0.717, 1.165) is 17.2 Å². The predicted molar refractivity (Wildman–Crippen MR) is 90.4 cm³/mol. The van der Waals surface area contributed by atoms with Crippen LogP contribution in [0, 0.1) is 17.8 Å². The van der Waals surface area contributed by atoms with Crippen LogP contribution in [-0.2, 0) is 0 Å². The van der Waals surface area contributed by atoms with Gasteiger partial charge in [-0.3, -0.25) is 9.59 Å². The average molecular weight is 310 g/mol. The first kappa shape index (κ1) is 14.5. The lowest BCUT2D eigenvalue weighted by atomic mass is 9.84. The number of hydrogen-bond donors (Lipinski definition) is 2. The number of fused-ring (bicyclic) bond motifs is 3. The Balaban J connectivity index is 1.58. The van der Waals surface area contributed by atoms with E-state index in [1.54, 1.807) is 0 Å². The molecule has 2 aromatic rings. The minimum atomic E-state index is -0.235. The third-order valence-electron chi connectivity index (χ3n) is 5.79. The molecule has 23 heavy (non-hydrogen) atoms. The first-order valence-corrected chi connectivity index (χ1v) is 8.55. The second-order valence-electron chi connectivity index (χ2n) is 7.19. The number of nitrogens with one attached hydrogen (secondary N) is 2. The van der Waals surface area contributed by atoms with Crippen LogP contribution in [0.1, 0.15) is 43.0 Å². The molecule has 4 nitrogen and oxygen atoms in total. The lowest BCUT2D eigenvalue weighted by molar-refractivity contribution is 0.0917. The van der Waals surface area contributed by atoms with E-state index in [2.05, 4.69) is 17.2 Å². The van der Waals surface area contributed by atoms with Gasteiger partial charge in [0.1, 0.15) is 0 Å². The molecule has 0 aliphatic heterocycles. The molecule has 4 rings (SSSR count). The zero-order valence-corrected chi connectivity index (χ0v) is 13.3. The highest BCUT2D eigenvalue weighted by Crippen LogP contribution is 2.49. The summed E-state index contributed by atoms with van der Waals surface area (Å²) < 4.78 is 0. The number of rotatable bonds is 3. The van der Waals surface area contributed by atoms with Crippen LogP contribution in [0.15, 0.2) is 35.1 Å². The van der Waals surface area contributed by atoms with Crippen molar-refractivity contribution in [2.75, 3.05) is 0 Å². The van der Waals surface area contributed by atoms with Gasteiger partial charge in [0.2, 0.25) is 5.56 Å². The molecule has 2 saturated carbocycles. The predicted octanol–water partition coefficient (Wildman–Crippen LogP) is 3.08. The van der Waals surface area contributed by atoms with Crippen LogP contribution in [-0.4, -0.2) is 16.9 Å². The van der Waals surface area contributed by atoms with Gasteiger partial charge in [0.25, 0.3) is 5.91 Å². The van der Waals surface area contributed by atoms with Gasteiger partial charge in [-0.05, 0) is 50.0 Å². The molecule has 2 N–H and O–H groups in total. The highest BCUT2D eigenvalue weighted by Gasteiger charge is 2.42. The molecule has 1 aromatic carbocycles. The summed E-state index contributed by atoms with van der Waals surface area (Å²) >= 11 is 0. The molecular formula is C19H22N2O2. The van der Waals surface area contributed by atoms with Crippen molar-refractivity contribution in [1.29, 1.82) is 0 Å². The highest BCUT2D eigenvalue weighted by molar-refractivity contribution is 6.06. The van der Waals surface area contributed by atoms with Crippen molar-refractivity contribution in [1.82, 2.24) is 10.3 Å². The third kappa shape index (κ3) is 2.56. The Kier molecular flexibility index (Phi) is 3.47. The summed E-state index contributed by atoms with van der Waals surface area (Å²) in [6, 6.07) is 9.02. The molecule has 120 valence electrons. The summed E-state index contributed by atoms with van der Waals surface area (Å²) in [5.41, 5.74) is 0.943. The fourth-order valence-corrected chi connectivity index (χ4v) is 4.69. The molecule has 0 saturated heterocycles. The molecule has 2 aliphatic rings. The van der Waals surface area contributed by atoms with E-state index in [1.165, 1.54) is 31.7 Å². The van der Waals surface area contributed by atoms with Crippen LogP contribution in [0.25, 0.3) is 10.9 Å². The number of aromatic nitrogens is 1. The standard InChI is InChI=1S/C19H22N2O2/c1-11(15-9-12-6-7-13(15)8-12)20-19(23)16-10-18(22)21-17-5-3-2-4-14(16)17/h2-5,10-13,15H,6-9H2,1H3,(H,20,23)(H,21,22)/t11-,12-,13-,15+/m1/s1. The monoisotopic (exact) mass is 310 g/mol. The normalized spacial score (nSPS) is 27.3. The maximum Gasteiger partial charge on any atom is 0.252 e. The Bertz CT molecular complexity index is 810. The molecule has 0 spiro atoms. The Labute approximate surface area is 135 Å². The molecule has 1 amide bonds. The highest BCUT2D eigenvalue weighted by atomic mass is 16.2. The number of pyridine rings is 1. The van der Waals surface area contributed by atoms with Crippen molar-refractivity contribution in [2.45, 2.75) is 38.6 Å². The summed E-state index contributed by atoms with van der Waals surface area (Å²) in [7, 11) is 0. The van der Waals surface area contributed by atoms with E-state index >= 15 is 0 Å². The van der Waals surface area contributed by atoms with Gasteiger partial charge in [-0.15, -0.1) is 0 Å². The van der Waals surface area contributed by atoms with Gasteiger partial charge in [-0.1, -0.05) is 24.6 Å². The largest absolute Gasteiger partial charge is 0.349 e. The fourth-order valence-electron chi connectivity index (χ4n) is 4.69. The Morgan fingerprint density at radius 3 is 2.83 bits per heavy atom. The second-order valence-corrected chi connectivity index (χ2v) is 7.19. The summed E-state index contributed by atoms with van der Waals surface area (Å²) in [5, 5.41) is 3.95. The molecule has 4 atom stereocenters. The van der Waals surface area contributed by atoms with Crippen LogP contribution < -0.4 is 10.9 Å². The number of para-hydroxylation sites is 1. The van der Waals surface area contributed by atoms with Crippen LogP contribution in [0.3, 0.4) is 0 Å². The lowest BCUT2D eigenvalue weighted by Gasteiger charge is -2.28. The minimum absolute atomic E-state index is 0.137. The van der Waals surface area contributed by atoms with E-state index in [4.69, 9.17) is 0 Å². The number of carbonyl (C=O) groups excluding carboxylic acids is 1. The molecule has 2 fully saturated rings. The van der Waals surface area contributed by atoms with Crippen molar-refractivity contribution >= 4 is 16.8 Å². The molecule has 2 bridgehead atoms. The van der Waals surface area contributed by atoms with Crippen LogP contribution in [0.5, 0.6) is 0 Å². The minimum Gasteiger partial charge on any atom is -0.349 e. The number of carbonyl (C=O) groups is 1. The molecule has 1 aromatic heterocycles. The Hall–Kier alpha value is -2.10. The topological polar surface area (TPSA) is 62.0 Å². The summed E-state index contributed by atoms with van der Waals surface area (Å²) in [6.45, 7) is 2.11. The molecule has 0 unspecified atom stereocenters. The number of amides is 1. The summed E-state index contributed by atoms with van der Waals surface area (Å²) in [4.78, 5) is 27.3. The van der Waals surface area contributed by atoms with E-state index in [9.17, 15) is 9.59 Å². The first-order valence-electron chi connectivity index (χ1n) is 8.55. The molecule has 0 radical (unpaired) electrons. The maximum atomic E-state index is 12.7. The Morgan fingerprint density at radius 1 is 1.26 bits per heavy atom. The van der Waals surface area contributed by atoms with Crippen molar-refractivity contribution in [3.8, 4) is 0 Å². The smallest absolute Gasteiger partial charge is 0.252 e. The molecule has 1 heterocycles. The SMILES string of the molecule is C[C@@H](NC(=O)c1cc(=O)[nH]c2ccccc12)[C@@H]1C[C@@H]2CC[C@@H]1C2. The fraction of sp³-hybridized carbons (Fsp3) is 0.474. The van der Waals surface area contributed by atoms with Crippen LogP contribution in [0.4, 0.5) is 0 Å². The van der Waals surface area contributed by atoms with Crippen molar-refractivity contribution < 1.29 is 4.79 Å². The van der Waals surface area contributed by atoms with Crippen molar-refractivity contribution in [3.05, 3.63) is 46.2 Å². The molecular weight excluding hydrogens is 288 g/mol. The van der Waals surface area contributed by atoms with E-state index in [0.29, 0.717) is 17.0 Å². The lowest BCUT2D eigenvalue weighted by Crippen LogP contribution is -2.40. The maximum absolute atomic E-state index is 12.7. The van der Waals surface area contributed by atoms with Gasteiger partial charge < -0.3 is 10.3 Å². The van der Waals surface area contributed by atoms with Crippen LogP contribution in [0.2, 0.25) is 0 Å². The van der Waals surface area contributed by atoms with E-state index < -0.39 is 0 Å². The number of aromatic amines is 1. The van der Waals surface area contributed by atoms with E-state index in [1.807, 2.05) is 24.3 Å². The van der Waals surface area contributed by atoms with Gasteiger partial charge >= 0.3 is 0 Å². The molecule has 2 aliphatic carbocycles. The second kappa shape index (κ2) is 5.52. The van der Waals surface area contributed by atoms with Gasteiger partial charge in [0, 0.05) is 23.0 Å². The first-order chi connectivity index (χ1) is 11.1. The van der Waals surface area contributed by atoms with Gasteiger partial charge in [0.15, 0.2) is 0 Å². The molecule has 4 heteroatoms. The zero-order chi connectivity index (χ0) is 16.0. The zero-order valence-electron chi connectivity index (χ0n) is 13.3. The summed E-state index contributed by atoms with van der Waals surface area (Å²) in [5.74, 6) is 2.09.